The molecule has 122 valence electrons. The number of nitrogens with one attached hydrogen (secondary N) is 1. The van der Waals surface area contributed by atoms with E-state index in [-0.39, 0.29) is 5.91 Å². The van der Waals surface area contributed by atoms with Gasteiger partial charge in [-0.15, -0.1) is 0 Å². The molecule has 1 aliphatic heterocycles. The fraction of sp³-hybridized carbons (Fsp3) is 0.588. The van der Waals surface area contributed by atoms with E-state index in [1.54, 1.807) is 12.1 Å². The average molecular weight is 305 g/mol. The van der Waals surface area contributed by atoms with Crippen LogP contribution in [0.2, 0.25) is 0 Å². The van der Waals surface area contributed by atoms with Gasteiger partial charge in [-0.2, -0.15) is 0 Å². The summed E-state index contributed by atoms with van der Waals surface area (Å²) in [6, 6.07) is 7.29. The Balaban J connectivity index is 1.70. The number of benzene rings is 1. The normalized spacial score (nSPS) is 16.0. The van der Waals surface area contributed by atoms with Crippen molar-refractivity contribution in [3.8, 4) is 5.75 Å². The number of anilines is 1. The number of aromatic hydroxyl groups is 1. The first kappa shape index (κ1) is 16.6. The molecule has 0 saturated carbocycles. The zero-order chi connectivity index (χ0) is 15.9. The third-order valence-corrected chi connectivity index (χ3v) is 4.00. The minimum absolute atomic E-state index is 0.124. The van der Waals surface area contributed by atoms with Crippen molar-refractivity contribution in [2.75, 3.05) is 44.2 Å². The van der Waals surface area contributed by atoms with E-state index in [9.17, 15) is 9.90 Å². The predicted octanol–water partition coefficient (Wildman–Crippen LogP) is 1.68. The van der Waals surface area contributed by atoms with E-state index < -0.39 is 0 Å². The number of phenols is 1. The number of rotatable bonds is 6. The standard InChI is InChI=1S/C17H27N3O2/c1-14(2)7-8-18-17(22)13-19-9-11-20(12-10-19)15-3-5-16(21)6-4-15/h3-6,14,21H,7-13H2,1-2H3,(H,18,22). The maximum atomic E-state index is 11.9. The van der Waals surface area contributed by atoms with Gasteiger partial charge in [0.05, 0.1) is 6.54 Å². The van der Waals surface area contributed by atoms with Crippen molar-refractivity contribution in [3.05, 3.63) is 24.3 Å². The molecule has 22 heavy (non-hydrogen) atoms. The van der Waals surface area contributed by atoms with E-state index in [4.69, 9.17) is 0 Å². The molecule has 0 unspecified atom stereocenters. The zero-order valence-electron chi connectivity index (χ0n) is 13.6. The highest BCUT2D eigenvalue weighted by Crippen LogP contribution is 2.19. The fourth-order valence-corrected chi connectivity index (χ4v) is 2.59. The smallest absolute Gasteiger partial charge is 0.234 e. The van der Waals surface area contributed by atoms with Gasteiger partial charge in [0.2, 0.25) is 5.91 Å². The van der Waals surface area contributed by atoms with Gasteiger partial charge in [-0.25, -0.2) is 0 Å². The van der Waals surface area contributed by atoms with Crippen LogP contribution in [0.25, 0.3) is 0 Å². The molecule has 0 aromatic heterocycles. The van der Waals surface area contributed by atoms with Crippen LogP contribution < -0.4 is 10.2 Å². The van der Waals surface area contributed by atoms with Crippen molar-refractivity contribution < 1.29 is 9.90 Å². The summed E-state index contributed by atoms with van der Waals surface area (Å²) in [5, 5.41) is 12.3. The van der Waals surface area contributed by atoms with Gasteiger partial charge >= 0.3 is 0 Å². The lowest BCUT2D eigenvalue weighted by molar-refractivity contribution is -0.122. The first-order valence-electron chi connectivity index (χ1n) is 8.07. The van der Waals surface area contributed by atoms with Gasteiger partial charge in [-0.3, -0.25) is 9.69 Å². The Bertz CT molecular complexity index is 465. The molecular formula is C17H27N3O2. The van der Waals surface area contributed by atoms with Crippen molar-refractivity contribution >= 4 is 11.6 Å². The average Bonchev–Trinajstić information content (AvgIpc) is 2.48. The highest BCUT2D eigenvalue weighted by Gasteiger charge is 2.19. The van der Waals surface area contributed by atoms with Gasteiger partial charge in [0.1, 0.15) is 5.75 Å². The van der Waals surface area contributed by atoms with Crippen LogP contribution in [-0.4, -0.2) is 55.2 Å². The minimum atomic E-state index is 0.124. The van der Waals surface area contributed by atoms with E-state index in [2.05, 4.69) is 29.0 Å². The van der Waals surface area contributed by atoms with E-state index in [1.165, 1.54) is 0 Å². The molecule has 0 atom stereocenters. The largest absolute Gasteiger partial charge is 0.508 e. The molecule has 2 rings (SSSR count). The highest BCUT2D eigenvalue weighted by atomic mass is 16.3. The van der Waals surface area contributed by atoms with E-state index in [0.29, 0.717) is 18.2 Å². The molecule has 1 amide bonds. The Morgan fingerprint density at radius 1 is 1.18 bits per heavy atom. The minimum Gasteiger partial charge on any atom is -0.508 e. The predicted molar refractivity (Wildman–Crippen MR) is 89.2 cm³/mol. The SMILES string of the molecule is CC(C)CCNC(=O)CN1CCN(c2ccc(O)cc2)CC1. The second-order valence-electron chi connectivity index (χ2n) is 6.31. The van der Waals surface area contributed by atoms with Crippen LogP contribution in [0.3, 0.4) is 0 Å². The molecule has 5 nitrogen and oxygen atoms in total. The monoisotopic (exact) mass is 305 g/mol. The van der Waals surface area contributed by atoms with Gasteiger partial charge in [-0.1, -0.05) is 13.8 Å². The lowest BCUT2D eigenvalue weighted by Crippen LogP contribution is -2.49. The summed E-state index contributed by atoms with van der Waals surface area (Å²) in [6.45, 7) is 9.17. The Morgan fingerprint density at radius 3 is 2.41 bits per heavy atom. The highest BCUT2D eigenvalue weighted by molar-refractivity contribution is 5.78. The van der Waals surface area contributed by atoms with Crippen LogP contribution >= 0.6 is 0 Å². The molecule has 5 heteroatoms. The number of phenolic OH excluding ortho intramolecular Hbond substituents is 1. The summed E-state index contributed by atoms with van der Waals surface area (Å²) in [7, 11) is 0. The fourth-order valence-electron chi connectivity index (χ4n) is 2.59. The van der Waals surface area contributed by atoms with E-state index in [1.807, 2.05) is 12.1 Å². The summed E-state index contributed by atoms with van der Waals surface area (Å²) in [4.78, 5) is 16.4. The number of hydrogen-bond acceptors (Lipinski definition) is 4. The van der Waals surface area contributed by atoms with Crippen molar-refractivity contribution in [1.29, 1.82) is 0 Å². The molecular weight excluding hydrogens is 278 g/mol. The summed E-state index contributed by atoms with van der Waals surface area (Å²) >= 11 is 0. The zero-order valence-corrected chi connectivity index (χ0v) is 13.6. The second-order valence-corrected chi connectivity index (χ2v) is 6.31. The van der Waals surface area contributed by atoms with Gasteiger partial charge < -0.3 is 15.3 Å². The summed E-state index contributed by atoms with van der Waals surface area (Å²) < 4.78 is 0. The summed E-state index contributed by atoms with van der Waals surface area (Å²) in [6.07, 6.45) is 1.03. The third kappa shape index (κ3) is 5.22. The van der Waals surface area contributed by atoms with Crippen molar-refractivity contribution in [2.24, 2.45) is 5.92 Å². The maximum absolute atomic E-state index is 11.9. The number of hydrogen-bond donors (Lipinski definition) is 2. The Hall–Kier alpha value is -1.75. The summed E-state index contributed by atoms with van der Waals surface area (Å²) in [5.74, 6) is 1.04. The topological polar surface area (TPSA) is 55.8 Å². The number of carbonyl (C=O) groups is 1. The molecule has 0 spiro atoms. The number of nitrogens with zero attached hydrogens (tertiary/aromatic N) is 2. The molecule has 1 heterocycles. The molecule has 0 radical (unpaired) electrons. The maximum Gasteiger partial charge on any atom is 0.234 e. The third-order valence-electron chi connectivity index (χ3n) is 4.00. The second kappa shape index (κ2) is 8.03. The van der Waals surface area contributed by atoms with Crippen LogP contribution in [0.5, 0.6) is 5.75 Å². The molecule has 1 fully saturated rings. The van der Waals surface area contributed by atoms with Crippen molar-refractivity contribution in [2.45, 2.75) is 20.3 Å². The van der Waals surface area contributed by atoms with Crippen LogP contribution in [0.1, 0.15) is 20.3 Å². The molecule has 1 aliphatic rings. The van der Waals surface area contributed by atoms with E-state index >= 15 is 0 Å². The van der Waals surface area contributed by atoms with Gasteiger partial charge in [0.25, 0.3) is 0 Å². The lowest BCUT2D eigenvalue weighted by atomic mass is 10.1. The molecule has 0 aliphatic carbocycles. The number of carbonyl (C=O) groups excluding carboxylic acids is 1. The van der Waals surface area contributed by atoms with Gasteiger partial charge in [0.15, 0.2) is 0 Å². The molecule has 1 aromatic rings. The van der Waals surface area contributed by atoms with Crippen molar-refractivity contribution in [3.63, 3.8) is 0 Å². The van der Waals surface area contributed by atoms with Crippen LogP contribution in [0.4, 0.5) is 5.69 Å². The van der Waals surface area contributed by atoms with Crippen LogP contribution in [0, 0.1) is 5.92 Å². The van der Waals surface area contributed by atoms with Gasteiger partial charge in [0, 0.05) is 38.4 Å². The Kier molecular flexibility index (Phi) is 6.07. The van der Waals surface area contributed by atoms with Crippen molar-refractivity contribution in [1.82, 2.24) is 10.2 Å². The number of piperazine rings is 1. The summed E-state index contributed by atoms with van der Waals surface area (Å²) in [5.41, 5.74) is 1.12. The number of amides is 1. The quantitative estimate of drug-likeness (QED) is 0.839. The molecule has 2 N–H and O–H groups in total. The Morgan fingerprint density at radius 2 is 1.82 bits per heavy atom. The van der Waals surface area contributed by atoms with Gasteiger partial charge in [-0.05, 0) is 36.6 Å². The van der Waals surface area contributed by atoms with Crippen LogP contribution in [0.15, 0.2) is 24.3 Å². The molecule has 0 bridgehead atoms. The molecule has 1 saturated heterocycles. The first-order valence-corrected chi connectivity index (χ1v) is 8.07. The lowest BCUT2D eigenvalue weighted by Gasteiger charge is -2.35. The van der Waals surface area contributed by atoms with Crippen LogP contribution in [-0.2, 0) is 4.79 Å². The first-order chi connectivity index (χ1) is 10.5. The molecule has 1 aromatic carbocycles. The Labute approximate surface area is 132 Å². The van der Waals surface area contributed by atoms with E-state index in [0.717, 1.165) is 44.8 Å².